The summed E-state index contributed by atoms with van der Waals surface area (Å²) in [5.74, 6) is 0.464. The minimum atomic E-state index is -0.374. The molecule has 0 atom stereocenters. The molecular weight excluding hydrogens is 367 g/mol. The fraction of sp³-hybridized carbons (Fsp3) is 0.375. The van der Waals surface area contributed by atoms with Crippen LogP contribution < -0.4 is 10.1 Å². The molecule has 0 saturated carbocycles. The molecule has 1 N–H and O–H groups in total. The van der Waals surface area contributed by atoms with E-state index in [0.29, 0.717) is 24.4 Å². The molecule has 0 aromatic heterocycles. The number of halogens is 1. The number of hydrogen-bond donors (Lipinski definition) is 1. The van der Waals surface area contributed by atoms with Gasteiger partial charge in [0.15, 0.2) is 0 Å². The molecule has 1 amide bonds. The van der Waals surface area contributed by atoms with Crippen LogP contribution in [-0.4, -0.2) is 42.6 Å². The Labute approximate surface area is 171 Å². The third-order valence-electron chi connectivity index (χ3n) is 5.90. The molecule has 1 saturated heterocycles. The Morgan fingerprint density at radius 3 is 2.45 bits per heavy atom. The molecule has 0 bridgehead atoms. The number of hydrogen-bond acceptors (Lipinski definition) is 3. The Kier molecular flexibility index (Phi) is 5.41. The van der Waals surface area contributed by atoms with Gasteiger partial charge in [-0.05, 0) is 74.5 Å². The molecule has 0 unspecified atom stereocenters. The Bertz CT molecular complexity index is 926. The van der Waals surface area contributed by atoms with E-state index in [0.717, 1.165) is 42.6 Å². The van der Waals surface area contributed by atoms with Gasteiger partial charge in [0.25, 0.3) is 5.91 Å². The van der Waals surface area contributed by atoms with Gasteiger partial charge in [0.2, 0.25) is 0 Å². The number of carbonyl (C=O) groups excluding carboxylic acids is 1. The molecule has 4 nitrogen and oxygen atoms in total. The van der Waals surface area contributed by atoms with E-state index in [1.807, 2.05) is 38.1 Å². The van der Waals surface area contributed by atoms with Crippen LogP contribution in [0.15, 0.2) is 48.5 Å². The van der Waals surface area contributed by atoms with Crippen molar-refractivity contribution in [3.05, 3.63) is 71.0 Å². The minimum Gasteiger partial charge on any atom is -0.482 e. The summed E-state index contributed by atoms with van der Waals surface area (Å²) in [5.41, 5.74) is 2.99. The predicted octanol–water partition coefficient (Wildman–Crippen LogP) is 4.25. The highest BCUT2D eigenvalue weighted by Gasteiger charge is 2.37. The molecule has 2 aliphatic heterocycles. The third kappa shape index (κ3) is 3.79. The molecule has 2 heterocycles. The second-order valence-corrected chi connectivity index (χ2v) is 7.67. The quantitative estimate of drug-likeness (QED) is 0.843. The molecule has 29 heavy (non-hydrogen) atoms. The van der Waals surface area contributed by atoms with E-state index in [1.54, 1.807) is 11.0 Å². The molecule has 5 heteroatoms. The fourth-order valence-electron chi connectivity index (χ4n) is 4.21. The average molecular weight is 394 g/mol. The fourth-order valence-corrected chi connectivity index (χ4v) is 4.21. The summed E-state index contributed by atoms with van der Waals surface area (Å²) in [4.78, 5) is 14.4. The highest BCUT2D eigenvalue weighted by Crippen LogP contribution is 2.42. The molecule has 152 valence electrons. The Morgan fingerprint density at radius 2 is 1.79 bits per heavy atom. The maximum absolute atomic E-state index is 14.0. The van der Waals surface area contributed by atoms with Gasteiger partial charge in [0, 0.05) is 37.1 Å². The molecule has 0 radical (unpaired) electrons. The summed E-state index contributed by atoms with van der Waals surface area (Å²) < 4.78 is 20.4. The molecule has 2 aliphatic rings. The van der Waals surface area contributed by atoms with Gasteiger partial charge in [0.05, 0.1) is 0 Å². The molecule has 1 fully saturated rings. The lowest BCUT2D eigenvalue weighted by atomic mass is 9.83. The van der Waals surface area contributed by atoms with Crippen LogP contribution in [0.5, 0.6) is 5.75 Å². The van der Waals surface area contributed by atoms with Crippen molar-refractivity contribution in [2.24, 2.45) is 0 Å². The van der Waals surface area contributed by atoms with Gasteiger partial charge in [-0.25, -0.2) is 4.39 Å². The lowest BCUT2D eigenvalue weighted by Crippen LogP contribution is -2.46. The second kappa shape index (κ2) is 7.99. The van der Waals surface area contributed by atoms with Gasteiger partial charge in [-0.2, -0.15) is 0 Å². The summed E-state index contributed by atoms with van der Waals surface area (Å²) in [6.07, 6.45) is 3.88. The van der Waals surface area contributed by atoms with E-state index in [9.17, 15) is 9.18 Å². The van der Waals surface area contributed by atoms with Crippen molar-refractivity contribution in [1.29, 1.82) is 0 Å². The van der Waals surface area contributed by atoms with Gasteiger partial charge < -0.3 is 15.0 Å². The smallest absolute Gasteiger partial charge is 0.253 e. The highest BCUT2D eigenvalue weighted by atomic mass is 19.1. The predicted molar refractivity (Wildman–Crippen MR) is 113 cm³/mol. The molecule has 2 aromatic carbocycles. The van der Waals surface area contributed by atoms with E-state index in [4.69, 9.17) is 4.74 Å². The van der Waals surface area contributed by atoms with Crippen LogP contribution in [0, 0.1) is 5.82 Å². The van der Waals surface area contributed by atoms with E-state index >= 15 is 0 Å². The molecule has 2 aromatic rings. The highest BCUT2D eigenvalue weighted by molar-refractivity contribution is 5.95. The third-order valence-corrected chi connectivity index (χ3v) is 5.90. The number of nitrogens with one attached hydrogen (secondary N) is 1. The average Bonchev–Trinajstić information content (AvgIpc) is 2.75. The molecule has 0 aliphatic carbocycles. The Hall–Kier alpha value is -2.66. The van der Waals surface area contributed by atoms with Crippen molar-refractivity contribution < 1.29 is 13.9 Å². The lowest BCUT2D eigenvalue weighted by molar-refractivity contribution is 0.0772. The van der Waals surface area contributed by atoms with Gasteiger partial charge in [-0.1, -0.05) is 12.1 Å². The molecule has 4 rings (SSSR count). The van der Waals surface area contributed by atoms with Crippen molar-refractivity contribution in [2.75, 3.05) is 26.2 Å². The van der Waals surface area contributed by atoms with Crippen LogP contribution >= 0.6 is 0 Å². The number of benzene rings is 2. The summed E-state index contributed by atoms with van der Waals surface area (Å²) >= 11 is 0. The molecule has 1 spiro atoms. The van der Waals surface area contributed by atoms with Crippen LogP contribution in [0.4, 0.5) is 4.39 Å². The zero-order valence-corrected chi connectivity index (χ0v) is 17.0. The Balaban J connectivity index is 1.73. The van der Waals surface area contributed by atoms with Crippen molar-refractivity contribution in [3.63, 3.8) is 0 Å². The summed E-state index contributed by atoms with van der Waals surface area (Å²) in [5, 5.41) is 3.37. The molecular formula is C24H27FN2O2. The van der Waals surface area contributed by atoms with E-state index < -0.39 is 0 Å². The van der Waals surface area contributed by atoms with E-state index in [2.05, 4.69) is 11.4 Å². The van der Waals surface area contributed by atoms with Gasteiger partial charge in [-0.15, -0.1) is 0 Å². The van der Waals surface area contributed by atoms with Crippen molar-refractivity contribution in [3.8, 4) is 5.75 Å². The number of nitrogens with zero attached hydrogens (tertiary/aromatic N) is 1. The summed E-state index contributed by atoms with van der Waals surface area (Å²) in [7, 11) is 0. The zero-order valence-electron chi connectivity index (χ0n) is 17.0. The van der Waals surface area contributed by atoms with E-state index in [1.165, 1.54) is 12.1 Å². The number of amides is 1. The van der Waals surface area contributed by atoms with Crippen molar-refractivity contribution in [2.45, 2.75) is 32.3 Å². The first-order valence-corrected chi connectivity index (χ1v) is 10.4. The largest absolute Gasteiger partial charge is 0.482 e. The monoisotopic (exact) mass is 394 g/mol. The standard InChI is InChI=1S/C24H27FN2O2/c1-3-27(4-2)23(28)18-7-5-17(6-8-18)21-16-24(11-13-26-14-12-24)29-22-10-9-19(25)15-20(21)22/h5-10,15-16,26H,3-4,11-14H2,1-2H3. The maximum atomic E-state index is 14.0. The van der Waals surface area contributed by atoms with E-state index in [-0.39, 0.29) is 17.3 Å². The first-order chi connectivity index (χ1) is 14.0. The number of piperidine rings is 1. The first-order valence-electron chi connectivity index (χ1n) is 10.4. The number of fused-ring (bicyclic) bond motifs is 1. The second-order valence-electron chi connectivity index (χ2n) is 7.67. The topological polar surface area (TPSA) is 41.6 Å². The van der Waals surface area contributed by atoms with Crippen LogP contribution in [0.25, 0.3) is 5.57 Å². The number of rotatable bonds is 4. The SMILES string of the molecule is CCN(CC)C(=O)c1ccc(C2=CC3(CCNCC3)Oc3ccc(F)cc32)cc1. The Morgan fingerprint density at radius 1 is 1.10 bits per heavy atom. The van der Waals surface area contributed by atoms with Gasteiger partial charge >= 0.3 is 0 Å². The van der Waals surface area contributed by atoms with Crippen molar-refractivity contribution >= 4 is 11.5 Å². The number of ether oxygens (including phenoxy) is 1. The van der Waals surface area contributed by atoms with Crippen LogP contribution in [0.2, 0.25) is 0 Å². The van der Waals surface area contributed by atoms with Crippen LogP contribution in [0.1, 0.15) is 48.2 Å². The van der Waals surface area contributed by atoms with Crippen molar-refractivity contribution in [1.82, 2.24) is 10.2 Å². The number of carbonyl (C=O) groups is 1. The van der Waals surface area contributed by atoms with Crippen LogP contribution in [0.3, 0.4) is 0 Å². The summed E-state index contributed by atoms with van der Waals surface area (Å²) in [6.45, 7) is 7.10. The zero-order chi connectivity index (χ0) is 20.4. The van der Waals surface area contributed by atoms with Crippen LogP contribution in [-0.2, 0) is 0 Å². The van der Waals surface area contributed by atoms with Gasteiger partial charge in [0.1, 0.15) is 17.2 Å². The van der Waals surface area contributed by atoms with Gasteiger partial charge in [-0.3, -0.25) is 4.79 Å². The maximum Gasteiger partial charge on any atom is 0.253 e. The minimum absolute atomic E-state index is 0.0313. The summed E-state index contributed by atoms with van der Waals surface area (Å²) in [6, 6.07) is 12.3. The normalized spacial score (nSPS) is 17.3. The first kappa shape index (κ1) is 19.6. The lowest BCUT2D eigenvalue weighted by Gasteiger charge is -2.40.